The van der Waals surface area contributed by atoms with Gasteiger partial charge in [-0.15, -0.1) is 6.58 Å². The molecule has 0 saturated heterocycles. The minimum absolute atomic E-state index is 0.0319. The van der Waals surface area contributed by atoms with E-state index >= 15 is 0 Å². The normalized spacial score (nSPS) is 28.5. The molecule has 0 fully saturated rings. The Morgan fingerprint density at radius 2 is 2.45 bits per heavy atom. The quantitative estimate of drug-likeness (QED) is 0.444. The molecule has 0 amide bonds. The number of hydrogen-bond donors (Lipinski definition) is 0. The average molecular weight is 152 g/mol. The molecule has 11 heavy (non-hydrogen) atoms. The highest BCUT2D eigenvalue weighted by atomic mass is 16.5. The molecule has 0 aliphatic heterocycles. The summed E-state index contributed by atoms with van der Waals surface area (Å²) in [7, 11) is 0. The first kappa shape index (κ1) is 8.05. The van der Waals surface area contributed by atoms with Crippen LogP contribution in [0.15, 0.2) is 24.8 Å². The van der Waals surface area contributed by atoms with Gasteiger partial charge < -0.3 is 4.74 Å². The molecular weight excluding hydrogens is 140 g/mol. The first-order valence-electron chi connectivity index (χ1n) is 3.70. The molecule has 1 rings (SSSR count). The molecule has 60 valence electrons. The molecule has 0 aromatic carbocycles. The summed E-state index contributed by atoms with van der Waals surface area (Å²) in [5.41, 5.74) is 0. The summed E-state index contributed by atoms with van der Waals surface area (Å²) in [6, 6.07) is 0. The van der Waals surface area contributed by atoms with Gasteiger partial charge in [0.2, 0.25) is 0 Å². The fourth-order valence-corrected chi connectivity index (χ4v) is 1.17. The zero-order chi connectivity index (χ0) is 8.27. The molecule has 0 aromatic rings. The summed E-state index contributed by atoms with van der Waals surface area (Å²) in [6.07, 6.45) is 6.60. The van der Waals surface area contributed by atoms with Crippen LogP contribution in [0.25, 0.3) is 0 Å². The Hall–Kier alpha value is -1.05. The summed E-state index contributed by atoms with van der Waals surface area (Å²) >= 11 is 0. The van der Waals surface area contributed by atoms with Gasteiger partial charge in [-0.1, -0.05) is 12.2 Å². The Labute approximate surface area is 66.5 Å². The third-order valence-corrected chi connectivity index (χ3v) is 1.70. The minimum Gasteiger partial charge on any atom is -0.458 e. The van der Waals surface area contributed by atoms with Crippen LogP contribution in [-0.4, -0.2) is 12.1 Å². The first-order valence-corrected chi connectivity index (χ1v) is 3.70. The van der Waals surface area contributed by atoms with Crippen molar-refractivity contribution in [1.29, 1.82) is 0 Å². The first-order chi connectivity index (χ1) is 5.22. The molecule has 0 saturated carbocycles. The molecule has 0 radical (unpaired) electrons. The van der Waals surface area contributed by atoms with E-state index in [2.05, 4.69) is 6.58 Å². The van der Waals surface area contributed by atoms with E-state index in [0.717, 1.165) is 6.42 Å². The lowest BCUT2D eigenvalue weighted by atomic mass is 10.1. The van der Waals surface area contributed by atoms with Crippen molar-refractivity contribution in [2.45, 2.75) is 19.4 Å². The third-order valence-electron chi connectivity index (χ3n) is 1.70. The Morgan fingerprint density at radius 3 is 2.91 bits per heavy atom. The van der Waals surface area contributed by atoms with Crippen molar-refractivity contribution in [2.75, 3.05) is 0 Å². The van der Waals surface area contributed by atoms with Crippen molar-refractivity contribution in [3.8, 4) is 0 Å². The van der Waals surface area contributed by atoms with Crippen LogP contribution >= 0.6 is 0 Å². The van der Waals surface area contributed by atoms with Gasteiger partial charge in [0.1, 0.15) is 6.10 Å². The second-order valence-corrected chi connectivity index (χ2v) is 2.67. The van der Waals surface area contributed by atoms with Crippen LogP contribution in [0.4, 0.5) is 0 Å². The predicted octanol–water partition coefficient (Wildman–Crippen LogP) is 1.68. The molecule has 0 aromatic heterocycles. The molecule has 1 aliphatic carbocycles. The number of allylic oxidation sites excluding steroid dienone is 2. The van der Waals surface area contributed by atoms with Gasteiger partial charge in [0.05, 0.1) is 0 Å². The van der Waals surface area contributed by atoms with E-state index in [1.807, 2.05) is 18.2 Å². The standard InChI is InChI=1S/C9H12O2/c1-3-8-4-5-9(6-8)11-7(2)10/h3-5,8-9H,1,6H2,2H3/t8-,9-/m0/s1. The summed E-state index contributed by atoms with van der Waals surface area (Å²) < 4.78 is 4.97. The number of esters is 1. The van der Waals surface area contributed by atoms with Gasteiger partial charge >= 0.3 is 5.97 Å². The Kier molecular flexibility index (Phi) is 2.47. The van der Waals surface area contributed by atoms with Crippen molar-refractivity contribution >= 4 is 5.97 Å². The Balaban J connectivity index is 2.37. The fraction of sp³-hybridized carbons (Fsp3) is 0.444. The van der Waals surface area contributed by atoms with Crippen molar-refractivity contribution < 1.29 is 9.53 Å². The lowest BCUT2D eigenvalue weighted by molar-refractivity contribution is -0.144. The topological polar surface area (TPSA) is 26.3 Å². The lowest BCUT2D eigenvalue weighted by Gasteiger charge is -2.08. The number of hydrogen-bond acceptors (Lipinski definition) is 2. The fourth-order valence-electron chi connectivity index (χ4n) is 1.17. The van der Waals surface area contributed by atoms with E-state index in [1.165, 1.54) is 6.92 Å². The minimum atomic E-state index is -0.218. The smallest absolute Gasteiger partial charge is 0.303 e. The zero-order valence-corrected chi connectivity index (χ0v) is 6.62. The van der Waals surface area contributed by atoms with Crippen LogP contribution in [0, 0.1) is 5.92 Å². The SMILES string of the molecule is C=C[C@H]1C=C[C@H](OC(C)=O)C1. The van der Waals surface area contributed by atoms with E-state index in [-0.39, 0.29) is 12.1 Å². The maximum Gasteiger partial charge on any atom is 0.303 e. The number of rotatable bonds is 2. The summed E-state index contributed by atoms with van der Waals surface area (Å²) in [4.78, 5) is 10.5. The summed E-state index contributed by atoms with van der Waals surface area (Å²) in [5.74, 6) is 0.156. The van der Waals surface area contributed by atoms with Crippen LogP contribution in [0.5, 0.6) is 0 Å². The summed E-state index contributed by atoms with van der Waals surface area (Å²) in [6.45, 7) is 5.09. The molecule has 0 spiro atoms. The van der Waals surface area contributed by atoms with Crippen LogP contribution in [0.2, 0.25) is 0 Å². The molecule has 1 aliphatic rings. The average Bonchev–Trinajstić information content (AvgIpc) is 2.34. The van der Waals surface area contributed by atoms with Crippen LogP contribution < -0.4 is 0 Å². The monoisotopic (exact) mass is 152 g/mol. The van der Waals surface area contributed by atoms with E-state index in [9.17, 15) is 4.79 Å². The van der Waals surface area contributed by atoms with Gasteiger partial charge in [-0.05, 0) is 18.4 Å². The van der Waals surface area contributed by atoms with Crippen LogP contribution in [0.1, 0.15) is 13.3 Å². The molecule has 0 bridgehead atoms. The van der Waals surface area contributed by atoms with Gasteiger partial charge in [0.15, 0.2) is 0 Å². The molecule has 0 unspecified atom stereocenters. The number of carbonyl (C=O) groups excluding carboxylic acids is 1. The summed E-state index contributed by atoms with van der Waals surface area (Å²) in [5, 5.41) is 0. The Bertz CT molecular complexity index is 194. The van der Waals surface area contributed by atoms with Gasteiger partial charge in [-0.2, -0.15) is 0 Å². The van der Waals surface area contributed by atoms with Crippen molar-refractivity contribution in [3.63, 3.8) is 0 Å². The van der Waals surface area contributed by atoms with Crippen LogP contribution in [0.3, 0.4) is 0 Å². The second-order valence-electron chi connectivity index (χ2n) is 2.67. The molecular formula is C9H12O2. The van der Waals surface area contributed by atoms with Crippen molar-refractivity contribution in [1.82, 2.24) is 0 Å². The van der Waals surface area contributed by atoms with Gasteiger partial charge in [-0.25, -0.2) is 0 Å². The van der Waals surface area contributed by atoms with Crippen LogP contribution in [-0.2, 0) is 9.53 Å². The van der Waals surface area contributed by atoms with E-state index in [1.54, 1.807) is 0 Å². The highest BCUT2D eigenvalue weighted by molar-refractivity contribution is 5.66. The highest BCUT2D eigenvalue weighted by Gasteiger charge is 2.17. The zero-order valence-electron chi connectivity index (χ0n) is 6.62. The molecule has 2 heteroatoms. The predicted molar refractivity (Wildman–Crippen MR) is 43.0 cm³/mol. The second kappa shape index (κ2) is 3.37. The van der Waals surface area contributed by atoms with E-state index in [4.69, 9.17) is 4.74 Å². The largest absolute Gasteiger partial charge is 0.458 e. The van der Waals surface area contributed by atoms with E-state index < -0.39 is 0 Å². The van der Waals surface area contributed by atoms with E-state index in [0.29, 0.717) is 5.92 Å². The molecule has 2 atom stereocenters. The maximum absolute atomic E-state index is 10.5. The molecule has 2 nitrogen and oxygen atoms in total. The highest BCUT2D eigenvalue weighted by Crippen LogP contribution is 2.20. The maximum atomic E-state index is 10.5. The molecule has 0 N–H and O–H groups in total. The number of ether oxygens (including phenoxy) is 1. The van der Waals surface area contributed by atoms with Gasteiger partial charge in [0, 0.05) is 6.92 Å². The van der Waals surface area contributed by atoms with Crippen molar-refractivity contribution in [3.05, 3.63) is 24.8 Å². The third kappa shape index (κ3) is 2.22. The Morgan fingerprint density at radius 1 is 1.73 bits per heavy atom. The molecule has 0 heterocycles. The van der Waals surface area contributed by atoms with Crippen molar-refractivity contribution in [2.24, 2.45) is 5.92 Å². The van der Waals surface area contributed by atoms with Gasteiger partial charge in [0.25, 0.3) is 0 Å². The lowest BCUT2D eigenvalue weighted by Crippen LogP contribution is -2.11. The number of carbonyl (C=O) groups is 1. The van der Waals surface area contributed by atoms with Gasteiger partial charge in [-0.3, -0.25) is 4.79 Å².